The molecule has 0 unspecified atom stereocenters. The van der Waals surface area contributed by atoms with Crippen molar-refractivity contribution in [1.29, 1.82) is 0 Å². The Bertz CT molecular complexity index is 1810. The van der Waals surface area contributed by atoms with Gasteiger partial charge in [-0.25, -0.2) is 0 Å². The Labute approximate surface area is 228 Å². The van der Waals surface area contributed by atoms with Gasteiger partial charge < -0.3 is 4.57 Å². The van der Waals surface area contributed by atoms with Crippen molar-refractivity contribution in [2.75, 3.05) is 0 Å². The van der Waals surface area contributed by atoms with Crippen molar-refractivity contribution in [3.05, 3.63) is 145 Å². The van der Waals surface area contributed by atoms with Crippen LogP contribution in [0.4, 0.5) is 0 Å². The van der Waals surface area contributed by atoms with Crippen LogP contribution in [0.15, 0.2) is 128 Å². The number of aromatic nitrogens is 4. The fourth-order valence-electron chi connectivity index (χ4n) is 5.18. The molecule has 0 saturated carbocycles. The van der Waals surface area contributed by atoms with Crippen LogP contribution in [0, 0.1) is 13.8 Å². The minimum Gasteiger partial charge on any atom is -0.309 e. The summed E-state index contributed by atoms with van der Waals surface area (Å²) in [6.07, 6.45) is 8.83. The third-order valence-corrected chi connectivity index (χ3v) is 7.23. The summed E-state index contributed by atoms with van der Waals surface area (Å²) >= 11 is 0. The van der Waals surface area contributed by atoms with E-state index in [-0.39, 0.29) is 0 Å². The molecule has 4 nitrogen and oxygen atoms in total. The summed E-state index contributed by atoms with van der Waals surface area (Å²) in [7, 11) is 0. The number of nitrogens with zero attached hydrogens (tertiary/aromatic N) is 4. The van der Waals surface area contributed by atoms with Crippen LogP contribution in [0.25, 0.3) is 44.6 Å². The van der Waals surface area contributed by atoms with Crippen LogP contribution in [-0.2, 0) is 6.42 Å². The highest BCUT2D eigenvalue weighted by molar-refractivity contribution is 6.10. The zero-order valence-corrected chi connectivity index (χ0v) is 22.3. The van der Waals surface area contributed by atoms with Crippen LogP contribution in [0.5, 0.6) is 0 Å². The van der Waals surface area contributed by atoms with Gasteiger partial charge in [0.25, 0.3) is 0 Å². The number of benzene rings is 4. The fraction of sp³-hybridized carbons (Fsp3) is 0.0857. The highest BCUT2D eigenvalue weighted by Gasteiger charge is 2.16. The van der Waals surface area contributed by atoms with E-state index in [9.17, 15) is 0 Å². The van der Waals surface area contributed by atoms with E-state index in [1.54, 1.807) is 0 Å². The third-order valence-electron chi connectivity index (χ3n) is 7.23. The minimum atomic E-state index is 0.623. The first-order valence-electron chi connectivity index (χ1n) is 13.2. The lowest BCUT2D eigenvalue weighted by atomic mass is 10.1. The number of para-hydroxylation sites is 3. The van der Waals surface area contributed by atoms with Crippen molar-refractivity contribution in [3.63, 3.8) is 0 Å². The fourth-order valence-corrected chi connectivity index (χ4v) is 5.18. The molecule has 0 radical (unpaired) electrons. The molecule has 190 valence electrons. The van der Waals surface area contributed by atoms with E-state index in [1.165, 1.54) is 32.9 Å². The van der Waals surface area contributed by atoms with Gasteiger partial charge in [0.05, 0.1) is 11.0 Å². The molecule has 6 rings (SSSR count). The molecule has 0 aliphatic heterocycles. The first kappa shape index (κ1) is 24.4. The van der Waals surface area contributed by atoms with Gasteiger partial charge in [0.15, 0.2) is 5.82 Å². The number of rotatable bonds is 7. The summed E-state index contributed by atoms with van der Waals surface area (Å²) in [4.78, 5) is 0. The number of fused-ring (bicyclic) bond motifs is 3. The van der Waals surface area contributed by atoms with Crippen molar-refractivity contribution < 1.29 is 0 Å². The molecule has 0 N–H and O–H groups in total. The standard InChI is InChI=1S/C35H30N4/c1-4-13-28(38-32-19-10-8-17-30(32)31-18-9-11-20-33(31)38)16-12-21-34-36-37-35(27-23-22-25(2)26(3)24-27)39(34)29-14-6-5-7-15-29/h4-20,22-24H,1,21H2,2-3H3/b16-12-,28-13+. The molecular weight excluding hydrogens is 476 g/mol. The van der Waals surface area contributed by atoms with Gasteiger partial charge in [0.2, 0.25) is 0 Å². The highest BCUT2D eigenvalue weighted by Crippen LogP contribution is 2.32. The van der Waals surface area contributed by atoms with Crippen LogP contribution >= 0.6 is 0 Å². The van der Waals surface area contributed by atoms with Crippen LogP contribution in [0.1, 0.15) is 17.0 Å². The molecule has 0 atom stereocenters. The minimum absolute atomic E-state index is 0.623. The predicted octanol–water partition coefficient (Wildman–Crippen LogP) is 8.48. The van der Waals surface area contributed by atoms with E-state index in [1.807, 2.05) is 24.3 Å². The van der Waals surface area contributed by atoms with Crippen molar-refractivity contribution in [3.8, 4) is 17.1 Å². The Kier molecular flexibility index (Phi) is 6.52. The van der Waals surface area contributed by atoms with Gasteiger partial charge in [-0.15, -0.1) is 10.2 Å². The molecule has 0 saturated heterocycles. The van der Waals surface area contributed by atoms with Gasteiger partial charge in [0.1, 0.15) is 5.82 Å². The van der Waals surface area contributed by atoms with Crippen molar-refractivity contribution in [2.24, 2.45) is 0 Å². The molecule has 0 aliphatic carbocycles. The zero-order chi connectivity index (χ0) is 26.8. The zero-order valence-electron chi connectivity index (χ0n) is 22.3. The van der Waals surface area contributed by atoms with E-state index in [2.05, 4.69) is 137 Å². The molecule has 6 aromatic rings. The predicted molar refractivity (Wildman–Crippen MR) is 163 cm³/mol. The smallest absolute Gasteiger partial charge is 0.168 e. The summed E-state index contributed by atoms with van der Waals surface area (Å²) in [6.45, 7) is 8.25. The summed E-state index contributed by atoms with van der Waals surface area (Å²) in [5.74, 6) is 1.72. The van der Waals surface area contributed by atoms with Crippen LogP contribution in [-0.4, -0.2) is 19.3 Å². The quantitative estimate of drug-likeness (QED) is 0.204. The lowest BCUT2D eigenvalue weighted by molar-refractivity contribution is 0.922. The molecular formula is C35H30N4. The second-order valence-electron chi connectivity index (χ2n) is 9.71. The van der Waals surface area contributed by atoms with E-state index in [4.69, 9.17) is 0 Å². The molecule has 2 heterocycles. The molecule has 0 amide bonds. The monoisotopic (exact) mass is 506 g/mol. The molecule has 39 heavy (non-hydrogen) atoms. The third kappa shape index (κ3) is 4.51. The largest absolute Gasteiger partial charge is 0.309 e. The lowest BCUT2D eigenvalue weighted by Crippen LogP contribution is -2.03. The average Bonchev–Trinajstić information content (AvgIpc) is 3.54. The van der Waals surface area contributed by atoms with Crippen molar-refractivity contribution in [2.45, 2.75) is 20.3 Å². The van der Waals surface area contributed by atoms with Crippen LogP contribution in [0.3, 0.4) is 0 Å². The first-order chi connectivity index (χ1) is 19.2. The molecule has 4 aromatic carbocycles. The summed E-state index contributed by atoms with van der Waals surface area (Å²) in [5, 5.41) is 11.8. The average molecular weight is 507 g/mol. The van der Waals surface area contributed by atoms with Crippen molar-refractivity contribution >= 4 is 27.5 Å². The van der Waals surface area contributed by atoms with Crippen LogP contribution < -0.4 is 0 Å². The second-order valence-corrected chi connectivity index (χ2v) is 9.71. The van der Waals surface area contributed by atoms with E-state index in [0.29, 0.717) is 6.42 Å². The Morgan fingerprint density at radius 2 is 1.44 bits per heavy atom. The summed E-state index contributed by atoms with van der Waals surface area (Å²) in [5.41, 5.74) is 7.98. The maximum absolute atomic E-state index is 4.64. The van der Waals surface area contributed by atoms with Gasteiger partial charge in [0, 0.05) is 34.1 Å². The highest BCUT2D eigenvalue weighted by atomic mass is 15.3. The van der Waals surface area contributed by atoms with E-state index in [0.717, 1.165) is 28.6 Å². The number of hydrogen-bond acceptors (Lipinski definition) is 2. The van der Waals surface area contributed by atoms with Gasteiger partial charge in [-0.2, -0.15) is 0 Å². The summed E-state index contributed by atoms with van der Waals surface area (Å²) < 4.78 is 4.46. The normalized spacial score (nSPS) is 12.1. The first-order valence-corrected chi connectivity index (χ1v) is 13.2. The van der Waals surface area contributed by atoms with Crippen LogP contribution in [0.2, 0.25) is 0 Å². The van der Waals surface area contributed by atoms with Gasteiger partial charge in [-0.1, -0.05) is 85.5 Å². The Balaban J connectivity index is 1.41. The second kappa shape index (κ2) is 10.4. The van der Waals surface area contributed by atoms with Crippen molar-refractivity contribution in [1.82, 2.24) is 19.3 Å². The summed E-state index contributed by atoms with van der Waals surface area (Å²) in [6, 6.07) is 33.8. The van der Waals surface area contributed by atoms with Gasteiger partial charge in [-0.05, 0) is 67.5 Å². The maximum Gasteiger partial charge on any atom is 0.168 e. The maximum atomic E-state index is 4.64. The van der Waals surface area contributed by atoms with Gasteiger partial charge >= 0.3 is 0 Å². The molecule has 4 heteroatoms. The number of hydrogen-bond donors (Lipinski definition) is 0. The van der Waals surface area contributed by atoms with Gasteiger partial charge in [-0.3, -0.25) is 4.57 Å². The molecule has 2 aromatic heterocycles. The Morgan fingerprint density at radius 3 is 2.10 bits per heavy atom. The topological polar surface area (TPSA) is 35.6 Å². The Hall–Kier alpha value is -4.96. The SMILES string of the molecule is C=C/C=C(\C=C/Cc1nnc(-c2ccc(C)c(C)c2)n1-c1ccccc1)n1c2ccccc2c2ccccc21. The molecule has 0 spiro atoms. The Morgan fingerprint density at radius 1 is 0.769 bits per heavy atom. The lowest BCUT2D eigenvalue weighted by Gasteiger charge is -2.11. The van der Waals surface area contributed by atoms with E-state index >= 15 is 0 Å². The molecule has 0 fully saturated rings. The molecule has 0 aliphatic rings. The number of aryl methyl sites for hydroxylation is 2. The van der Waals surface area contributed by atoms with E-state index < -0.39 is 0 Å². The number of allylic oxidation sites excluding steroid dienone is 5. The molecule has 0 bridgehead atoms.